The first kappa shape index (κ1) is 8.74. The van der Waals surface area contributed by atoms with Crippen LogP contribution in [0, 0.1) is 6.92 Å². The maximum Gasteiger partial charge on any atom is 0.232 e. The first-order valence-corrected chi connectivity index (χ1v) is 4.39. The normalized spacial score (nSPS) is 10.4. The van der Waals surface area contributed by atoms with Gasteiger partial charge in [-0.25, -0.2) is 0 Å². The molecule has 72 valence electrons. The standard InChI is InChI=1S/C10H11N3O/c1-7-10(14)13-9(12-7)5-8-3-2-4-11-6-8/h2-4,6,14H,5H2,1H3,(H,12,13). The Balaban J connectivity index is 2.19. The van der Waals surface area contributed by atoms with Gasteiger partial charge in [-0.3, -0.25) is 4.98 Å². The third-order valence-electron chi connectivity index (χ3n) is 2.00. The molecule has 2 aromatic rings. The molecule has 2 rings (SSSR count). The van der Waals surface area contributed by atoms with Gasteiger partial charge in [0.25, 0.3) is 0 Å². The van der Waals surface area contributed by atoms with E-state index in [4.69, 9.17) is 0 Å². The Morgan fingerprint density at radius 2 is 2.36 bits per heavy atom. The number of hydrogen-bond acceptors (Lipinski definition) is 3. The van der Waals surface area contributed by atoms with Crippen molar-refractivity contribution >= 4 is 0 Å². The van der Waals surface area contributed by atoms with Crippen LogP contribution in [-0.2, 0) is 6.42 Å². The minimum atomic E-state index is 0.0730. The van der Waals surface area contributed by atoms with Crippen LogP contribution in [0.1, 0.15) is 17.1 Å². The van der Waals surface area contributed by atoms with Crippen LogP contribution < -0.4 is 0 Å². The molecule has 0 aliphatic heterocycles. The Bertz CT molecular complexity index is 403. The molecule has 4 heteroatoms. The number of H-pyrrole nitrogens is 1. The zero-order valence-corrected chi connectivity index (χ0v) is 7.86. The van der Waals surface area contributed by atoms with Gasteiger partial charge in [0.2, 0.25) is 5.88 Å². The van der Waals surface area contributed by atoms with Gasteiger partial charge >= 0.3 is 0 Å². The lowest BCUT2D eigenvalue weighted by molar-refractivity contribution is 0.451. The lowest BCUT2D eigenvalue weighted by atomic mass is 10.2. The van der Waals surface area contributed by atoms with Crippen LogP contribution in [0.3, 0.4) is 0 Å². The lowest BCUT2D eigenvalue weighted by Crippen LogP contribution is -1.90. The van der Waals surface area contributed by atoms with Gasteiger partial charge in [-0.15, -0.1) is 0 Å². The second kappa shape index (κ2) is 3.49. The van der Waals surface area contributed by atoms with Crippen molar-refractivity contribution in [3.05, 3.63) is 41.6 Å². The summed E-state index contributed by atoms with van der Waals surface area (Å²) in [5.41, 5.74) is 1.77. The van der Waals surface area contributed by atoms with Crippen molar-refractivity contribution in [3.63, 3.8) is 0 Å². The highest BCUT2D eigenvalue weighted by molar-refractivity contribution is 5.21. The number of nitrogens with one attached hydrogen (secondary N) is 1. The van der Waals surface area contributed by atoms with Crippen LogP contribution in [0.5, 0.6) is 5.88 Å². The van der Waals surface area contributed by atoms with Crippen molar-refractivity contribution in [2.45, 2.75) is 13.3 Å². The molecule has 0 saturated carbocycles. The number of aromatic hydroxyl groups is 1. The van der Waals surface area contributed by atoms with E-state index in [1.54, 1.807) is 19.3 Å². The minimum absolute atomic E-state index is 0.0730. The zero-order chi connectivity index (χ0) is 9.97. The third kappa shape index (κ3) is 1.74. The summed E-state index contributed by atoms with van der Waals surface area (Å²) in [7, 11) is 0. The van der Waals surface area contributed by atoms with E-state index in [2.05, 4.69) is 15.0 Å². The summed E-state index contributed by atoms with van der Waals surface area (Å²) in [5.74, 6) is 0.830. The third-order valence-corrected chi connectivity index (χ3v) is 2.00. The van der Waals surface area contributed by atoms with Gasteiger partial charge in [-0.05, 0) is 18.6 Å². The monoisotopic (exact) mass is 189 g/mol. The van der Waals surface area contributed by atoms with E-state index in [1.165, 1.54) is 0 Å². The Labute approximate surface area is 81.7 Å². The average Bonchev–Trinajstić information content (AvgIpc) is 2.47. The predicted molar refractivity (Wildman–Crippen MR) is 52.0 cm³/mol. The fourth-order valence-electron chi connectivity index (χ4n) is 1.29. The van der Waals surface area contributed by atoms with E-state index in [0.717, 1.165) is 11.4 Å². The second-order valence-electron chi connectivity index (χ2n) is 3.17. The molecule has 0 atom stereocenters. The van der Waals surface area contributed by atoms with E-state index in [9.17, 15) is 5.11 Å². The molecule has 0 bridgehead atoms. The topological polar surface area (TPSA) is 61.8 Å². The van der Waals surface area contributed by atoms with Crippen LogP contribution in [-0.4, -0.2) is 20.1 Å². The summed E-state index contributed by atoms with van der Waals surface area (Å²) < 4.78 is 0. The van der Waals surface area contributed by atoms with Crippen molar-refractivity contribution < 1.29 is 5.11 Å². The number of hydrogen-bond donors (Lipinski definition) is 2. The van der Waals surface area contributed by atoms with Gasteiger partial charge in [0, 0.05) is 18.8 Å². The highest BCUT2D eigenvalue weighted by Gasteiger charge is 2.04. The molecule has 4 nitrogen and oxygen atoms in total. The van der Waals surface area contributed by atoms with Crippen molar-refractivity contribution in [1.29, 1.82) is 0 Å². The maximum atomic E-state index is 9.26. The molecule has 2 N–H and O–H groups in total. The lowest BCUT2D eigenvalue weighted by Gasteiger charge is -1.95. The van der Waals surface area contributed by atoms with Gasteiger partial charge in [-0.2, -0.15) is 4.98 Å². The molecule has 0 spiro atoms. The van der Waals surface area contributed by atoms with Gasteiger partial charge < -0.3 is 10.1 Å². The number of aromatic nitrogens is 3. The largest absolute Gasteiger partial charge is 0.492 e. The quantitative estimate of drug-likeness (QED) is 0.750. The van der Waals surface area contributed by atoms with Crippen LogP contribution in [0.25, 0.3) is 0 Å². The Morgan fingerprint density at radius 3 is 2.93 bits per heavy atom. The summed E-state index contributed by atoms with van der Waals surface area (Å²) >= 11 is 0. The predicted octanol–water partition coefficient (Wildman–Crippen LogP) is 1.41. The number of rotatable bonds is 2. The van der Waals surface area contributed by atoms with Gasteiger partial charge in [0.15, 0.2) is 0 Å². The summed E-state index contributed by atoms with van der Waals surface area (Å²) in [4.78, 5) is 11.0. The zero-order valence-electron chi connectivity index (χ0n) is 7.86. The van der Waals surface area contributed by atoms with E-state index < -0.39 is 0 Å². The summed E-state index contributed by atoms with van der Waals surface area (Å²) in [6.45, 7) is 1.79. The molecule has 0 aromatic carbocycles. The fourth-order valence-corrected chi connectivity index (χ4v) is 1.29. The molecule has 2 heterocycles. The Kier molecular flexibility index (Phi) is 2.18. The molecule has 14 heavy (non-hydrogen) atoms. The molecule has 0 unspecified atom stereocenters. The molecule has 0 aliphatic rings. The average molecular weight is 189 g/mol. The number of nitrogens with zero attached hydrogens (tertiary/aromatic N) is 2. The second-order valence-corrected chi connectivity index (χ2v) is 3.17. The summed E-state index contributed by atoms with van der Waals surface area (Å²) in [6.07, 6.45) is 4.18. The number of pyridine rings is 1. The van der Waals surface area contributed by atoms with Gasteiger partial charge in [0.05, 0.1) is 5.69 Å². The van der Waals surface area contributed by atoms with E-state index in [-0.39, 0.29) is 5.88 Å². The highest BCUT2D eigenvalue weighted by atomic mass is 16.3. The van der Waals surface area contributed by atoms with Crippen LogP contribution in [0.4, 0.5) is 0 Å². The number of aromatic amines is 1. The fraction of sp³-hybridized carbons (Fsp3) is 0.200. The number of aryl methyl sites for hydroxylation is 1. The van der Waals surface area contributed by atoms with Crippen molar-refractivity contribution in [2.75, 3.05) is 0 Å². The molecule has 0 radical (unpaired) electrons. The molecule has 0 saturated heterocycles. The smallest absolute Gasteiger partial charge is 0.232 e. The first-order valence-electron chi connectivity index (χ1n) is 4.39. The molecular weight excluding hydrogens is 178 g/mol. The van der Waals surface area contributed by atoms with Crippen LogP contribution in [0.15, 0.2) is 24.5 Å². The maximum absolute atomic E-state index is 9.26. The minimum Gasteiger partial charge on any atom is -0.492 e. The molecule has 0 fully saturated rings. The molecule has 0 amide bonds. The van der Waals surface area contributed by atoms with Crippen molar-refractivity contribution in [3.8, 4) is 5.88 Å². The van der Waals surface area contributed by atoms with Crippen molar-refractivity contribution in [1.82, 2.24) is 15.0 Å². The highest BCUT2D eigenvalue weighted by Crippen LogP contribution is 2.13. The van der Waals surface area contributed by atoms with Gasteiger partial charge in [-0.1, -0.05) is 6.07 Å². The van der Waals surface area contributed by atoms with E-state index in [1.807, 2.05) is 12.1 Å². The summed E-state index contributed by atoms with van der Waals surface area (Å²) in [5, 5.41) is 9.26. The van der Waals surface area contributed by atoms with Crippen LogP contribution in [0.2, 0.25) is 0 Å². The first-order chi connectivity index (χ1) is 6.75. The molecule has 0 aliphatic carbocycles. The SMILES string of the molecule is Cc1[nH]c(Cc2cccnc2)nc1O. The Hall–Kier alpha value is -1.84. The number of imidazole rings is 1. The Morgan fingerprint density at radius 1 is 1.50 bits per heavy atom. The van der Waals surface area contributed by atoms with Gasteiger partial charge in [0.1, 0.15) is 5.82 Å². The van der Waals surface area contributed by atoms with E-state index >= 15 is 0 Å². The summed E-state index contributed by atoms with van der Waals surface area (Å²) in [6, 6.07) is 3.85. The van der Waals surface area contributed by atoms with Crippen LogP contribution >= 0.6 is 0 Å². The molecule has 2 aromatic heterocycles. The van der Waals surface area contributed by atoms with E-state index in [0.29, 0.717) is 12.1 Å². The molecular formula is C10H11N3O. The van der Waals surface area contributed by atoms with Crippen molar-refractivity contribution in [2.24, 2.45) is 0 Å².